The van der Waals surface area contributed by atoms with Gasteiger partial charge in [-0.2, -0.15) is 0 Å². The largest absolute Gasteiger partial charge is 0.507 e. The molecule has 8 heteroatoms. The summed E-state index contributed by atoms with van der Waals surface area (Å²) in [4.78, 5) is 38.6. The van der Waals surface area contributed by atoms with E-state index in [0.29, 0.717) is 18.1 Å². The van der Waals surface area contributed by atoms with Gasteiger partial charge in [0.2, 0.25) is 0 Å². The van der Waals surface area contributed by atoms with Crippen molar-refractivity contribution < 1.29 is 29.0 Å². The molecule has 166 valence electrons. The average Bonchev–Trinajstić information content (AvgIpc) is 2.82. The van der Waals surface area contributed by atoms with Crippen LogP contribution in [0.2, 0.25) is 0 Å². The lowest BCUT2D eigenvalue weighted by Gasteiger charge is -2.26. The Kier molecular flexibility index (Phi) is 6.08. The van der Waals surface area contributed by atoms with Crippen molar-refractivity contribution in [2.24, 2.45) is 0 Å². The lowest BCUT2D eigenvalue weighted by Crippen LogP contribution is -2.54. The first-order valence-electron chi connectivity index (χ1n) is 10.0. The summed E-state index contributed by atoms with van der Waals surface area (Å²) in [6.45, 7) is 0.371. The molecule has 0 bridgehead atoms. The Morgan fingerprint density at radius 3 is 2.30 bits per heavy atom. The molecule has 4 amide bonds. The second-order valence-electron chi connectivity index (χ2n) is 7.15. The molecule has 0 spiro atoms. The summed E-state index contributed by atoms with van der Waals surface area (Å²) in [6, 6.07) is 19.6. The van der Waals surface area contributed by atoms with Crippen molar-refractivity contribution in [2.45, 2.75) is 6.61 Å². The number of barbiturate groups is 1. The lowest BCUT2D eigenvalue weighted by atomic mass is 10.1. The molecule has 33 heavy (non-hydrogen) atoms. The second kappa shape index (κ2) is 9.27. The van der Waals surface area contributed by atoms with Crippen molar-refractivity contribution in [1.29, 1.82) is 0 Å². The van der Waals surface area contributed by atoms with Crippen LogP contribution >= 0.6 is 0 Å². The molecule has 2 N–H and O–H groups in total. The Morgan fingerprint density at radius 1 is 0.939 bits per heavy atom. The van der Waals surface area contributed by atoms with Gasteiger partial charge in [0.15, 0.2) is 0 Å². The summed E-state index contributed by atoms with van der Waals surface area (Å²) in [5.41, 5.74) is 1.21. The molecule has 1 heterocycles. The molecule has 0 unspecified atom stereocenters. The first-order chi connectivity index (χ1) is 16.0. The number of imide groups is 2. The number of urea groups is 1. The second-order valence-corrected chi connectivity index (χ2v) is 7.15. The molecule has 3 aromatic rings. The maximum atomic E-state index is 13.0. The smallest absolute Gasteiger partial charge is 0.335 e. The normalized spacial score (nSPS) is 14.9. The summed E-state index contributed by atoms with van der Waals surface area (Å²) < 4.78 is 10.8. The number of hydrogen-bond acceptors (Lipinski definition) is 6. The zero-order valence-electron chi connectivity index (χ0n) is 17.6. The van der Waals surface area contributed by atoms with Crippen LogP contribution < -0.4 is 19.7 Å². The van der Waals surface area contributed by atoms with Crippen molar-refractivity contribution >= 4 is 29.6 Å². The third kappa shape index (κ3) is 4.69. The number of amides is 4. The van der Waals surface area contributed by atoms with Crippen molar-refractivity contribution in [1.82, 2.24) is 5.32 Å². The standard InChI is InChI=1S/C25H20N2O6/c1-32-20-10-7-17(22(28)14-20)13-21-23(29)26-25(31)27(24(21)30)18-8-11-19(12-9-18)33-15-16-5-3-2-4-6-16/h2-14,28H,15H2,1H3,(H,26,29,31)/b21-13+. The highest BCUT2D eigenvalue weighted by Gasteiger charge is 2.37. The predicted octanol–water partition coefficient (Wildman–Crippen LogP) is 3.65. The number of nitrogens with zero attached hydrogens (tertiary/aromatic N) is 1. The van der Waals surface area contributed by atoms with E-state index in [4.69, 9.17) is 9.47 Å². The van der Waals surface area contributed by atoms with E-state index in [9.17, 15) is 19.5 Å². The summed E-state index contributed by atoms with van der Waals surface area (Å²) >= 11 is 0. The van der Waals surface area contributed by atoms with Gasteiger partial charge in [-0.1, -0.05) is 30.3 Å². The van der Waals surface area contributed by atoms with E-state index in [-0.39, 0.29) is 22.6 Å². The Hall–Kier alpha value is -4.59. The van der Waals surface area contributed by atoms with Gasteiger partial charge in [-0.15, -0.1) is 0 Å². The highest BCUT2D eigenvalue weighted by atomic mass is 16.5. The van der Waals surface area contributed by atoms with Crippen LogP contribution in [0.3, 0.4) is 0 Å². The summed E-state index contributed by atoms with van der Waals surface area (Å²) in [6.07, 6.45) is 1.23. The van der Waals surface area contributed by atoms with Gasteiger partial charge in [-0.05, 0) is 48.0 Å². The zero-order valence-corrected chi connectivity index (χ0v) is 17.6. The highest BCUT2D eigenvalue weighted by Crippen LogP contribution is 2.28. The number of ether oxygens (including phenoxy) is 2. The first-order valence-corrected chi connectivity index (χ1v) is 10.0. The SMILES string of the molecule is COc1ccc(/C=C2\C(=O)NC(=O)N(c3ccc(OCc4ccccc4)cc3)C2=O)c(O)c1. The predicted molar refractivity (Wildman–Crippen MR) is 121 cm³/mol. The van der Waals surface area contributed by atoms with Gasteiger partial charge in [-0.25, -0.2) is 9.69 Å². The van der Waals surface area contributed by atoms with Gasteiger partial charge in [0.1, 0.15) is 29.4 Å². The average molecular weight is 444 g/mol. The first kappa shape index (κ1) is 21.6. The molecule has 0 aliphatic carbocycles. The lowest BCUT2D eigenvalue weighted by molar-refractivity contribution is -0.122. The van der Waals surface area contributed by atoms with Crippen molar-refractivity contribution in [3.8, 4) is 17.2 Å². The number of anilines is 1. The maximum absolute atomic E-state index is 13.0. The number of carbonyl (C=O) groups excluding carboxylic acids is 3. The van der Waals surface area contributed by atoms with E-state index in [1.165, 1.54) is 25.3 Å². The Balaban J connectivity index is 1.55. The quantitative estimate of drug-likeness (QED) is 0.444. The third-order valence-corrected chi connectivity index (χ3v) is 4.98. The molecule has 1 aliphatic rings. The molecule has 8 nitrogen and oxygen atoms in total. The van der Waals surface area contributed by atoms with Crippen molar-refractivity contribution in [3.05, 3.63) is 89.5 Å². The molecule has 0 saturated carbocycles. The van der Waals surface area contributed by atoms with E-state index in [0.717, 1.165) is 10.5 Å². The number of nitrogens with one attached hydrogen (secondary N) is 1. The minimum atomic E-state index is -0.862. The van der Waals surface area contributed by atoms with Gasteiger partial charge >= 0.3 is 6.03 Å². The van der Waals surface area contributed by atoms with Crippen molar-refractivity contribution in [3.63, 3.8) is 0 Å². The van der Waals surface area contributed by atoms with Crippen LogP contribution in [0.1, 0.15) is 11.1 Å². The van der Waals surface area contributed by atoms with Crippen LogP contribution in [0.4, 0.5) is 10.5 Å². The number of benzene rings is 3. The van der Waals surface area contributed by atoms with Crippen molar-refractivity contribution in [2.75, 3.05) is 12.0 Å². The van der Waals surface area contributed by atoms with Crippen LogP contribution in [-0.4, -0.2) is 30.1 Å². The van der Waals surface area contributed by atoms with Gasteiger partial charge in [0.25, 0.3) is 11.8 Å². The van der Waals surface area contributed by atoms with E-state index in [1.54, 1.807) is 30.3 Å². The fourth-order valence-corrected chi connectivity index (χ4v) is 3.25. The minimum absolute atomic E-state index is 0.175. The van der Waals surface area contributed by atoms with Crippen LogP contribution in [0, 0.1) is 0 Å². The molecular weight excluding hydrogens is 424 g/mol. The third-order valence-electron chi connectivity index (χ3n) is 4.98. The molecular formula is C25H20N2O6. The number of carbonyl (C=O) groups is 3. The van der Waals surface area contributed by atoms with E-state index in [1.807, 2.05) is 30.3 Å². The maximum Gasteiger partial charge on any atom is 0.335 e. The van der Waals surface area contributed by atoms with E-state index in [2.05, 4.69) is 5.32 Å². The fraction of sp³-hybridized carbons (Fsp3) is 0.0800. The van der Waals surface area contributed by atoms with E-state index >= 15 is 0 Å². The Labute approximate surface area is 189 Å². The number of rotatable bonds is 6. The minimum Gasteiger partial charge on any atom is -0.507 e. The monoisotopic (exact) mass is 444 g/mol. The van der Waals surface area contributed by atoms with Gasteiger partial charge in [-0.3, -0.25) is 14.9 Å². The van der Waals surface area contributed by atoms with Gasteiger partial charge in [0, 0.05) is 11.6 Å². The van der Waals surface area contributed by atoms with Crippen LogP contribution in [0.5, 0.6) is 17.2 Å². The van der Waals surface area contributed by atoms with Crippen LogP contribution in [0.25, 0.3) is 6.08 Å². The van der Waals surface area contributed by atoms with Crippen LogP contribution in [0.15, 0.2) is 78.4 Å². The van der Waals surface area contributed by atoms with Crippen LogP contribution in [-0.2, 0) is 16.2 Å². The molecule has 0 aromatic heterocycles. The number of hydrogen-bond donors (Lipinski definition) is 2. The summed E-state index contributed by atoms with van der Waals surface area (Å²) in [5.74, 6) is -0.857. The fourth-order valence-electron chi connectivity index (χ4n) is 3.25. The van der Waals surface area contributed by atoms with E-state index < -0.39 is 17.8 Å². The molecule has 0 atom stereocenters. The van der Waals surface area contributed by atoms with Gasteiger partial charge in [0.05, 0.1) is 12.8 Å². The highest BCUT2D eigenvalue weighted by molar-refractivity contribution is 6.39. The number of phenols is 1. The molecule has 0 radical (unpaired) electrons. The Morgan fingerprint density at radius 2 is 1.64 bits per heavy atom. The molecule has 3 aromatic carbocycles. The molecule has 4 rings (SSSR count). The molecule has 1 aliphatic heterocycles. The summed E-state index contributed by atoms with van der Waals surface area (Å²) in [7, 11) is 1.45. The number of aromatic hydroxyl groups is 1. The van der Waals surface area contributed by atoms with Gasteiger partial charge < -0.3 is 14.6 Å². The number of phenolic OH excluding ortho intramolecular Hbond substituents is 1. The Bertz CT molecular complexity index is 1240. The molecule has 1 saturated heterocycles. The zero-order chi connectivity index (χ0) is 23.4. The molecule has 1 fully saturated rings. The summed E-state index contributed by atoms with van der Waals surface area (Å²) in [5, 5.41) is 12.3. The number of methoxy groups -OCH3 is 1. The topological polar surface area (TPSA) is 105 Å².